The first-order chi connectivity index (χ1) is 24.3. The van der Waals surface area contributed by atoms with Gasteiger partial charge in [-0.1, -0.05) is 174 Å². The summed E-state index contributed by atoms with van der Waals surface area (Å²) in [7, 11) is 0. The molecule has 0 aromatic carbocycles. The van der Waals surface area contributed by atoms with Crippen molar-refractivity contribution in [1.29, 1.82) is 0 Å². The maximum atomic E-state index is 12.6. The number of hydrogen-bond donors (Lipinski definition) is 6. The summed E-state index contributed by atoms with van der Waals surface area (Å²) in [6, 6.07) is -0.794. The number of amides is 1. The van der Waals surface area contributed by atoms with E-state index in [0.29, 0.717) is 6.42 Å². The van der Waals surface area contributed by atoms with Gasteiger partial charge in [-0.2, -0.15) is 0 Å². The summed E-state index contributed by atoms with van der Waals surface area (Å²) in [6.07, 6.45) is 29.0. The molecule has 7 atom stereocenters. The highest BCUT2D eigenvalue weighted by Crippen LogP contribution is 2.22. The lowest BCUT2D eigenvalue weighted by atomic mass is 9.99. The summed E-state index contributed by atoms with van der Waals surface area (Å²) < 4.78 is 11.1. The smallest absolute Gasteiger partial charge is 0.220 e. The lowest BCUT2D eigenvalue weighted by molar-refractivity contribution is -0.302. The fraction of sp³-hybridized carbons (Fsp3) is 0.927. The van der Waals surface area contributed by atoms with Crippen LogP contribution in [0.2, 0.25) is 0 Å². The van der Waals surface area contributed by atoms with Crippen molar-refractivity contribution in [2.75, 3.05) is 13.2 Å². The third kappa shape index (κ3) is 23.5. The normalized spacial score (nSPS) is 22.3. The van der Waals surface area contributed by atoms with Gasteiger partial charge in [0.2, 0.25) is 5.91 Å². The van der Waals surface area contributed by atoms with Gasteiger partial charge in [0.15, 0.2) is 6.29 Å². The van der Waals surface area contributed by atoms with Crippen LogP contribution in [-0.2, 0) is 14.3 Å². The number of hydrogen-bond acceptors (Lipinski definition) is 8. The number of allylic oxidation sites excluding steroid dienone is 1. The third-order valence-electron chi connectivity index (χ3n) is 10.1. The second-order valence-electron chi connectivity index (χ2n) is 14.8. The van der Waals surface area contributed by atoms with Crippen LogP contribution in [0.15, 0.2) is 12.2 Å². The molecule has 1 aliphatic heterocycles. The number of ether oxygens (including phenoxy) is 2. The Morgan fingerprint density at radius 2 is 1.10 bits per heavy atom. The number of aliphatic hydroxyl groups is 5. The molecule has 9 nitrogen and oxygen atoms in total. The van der Waals surface area contributed by atoms with E-state index in [4.69, 9.17) is 9.47 Å². The van der Waals surface area contributed by atoms with E-state index in [-0.39, 0.29) is 12.5 Å². The molecule has 296 valence electrons. The van der Waals surface area contributed by atoms with Gasteiger partial charge < -0.3 is 40.3 Å². The Labute approximate surface area is 306 Å². The molecule has 1 fully saturated rings. The summed E-state index contributed by atoms with van der Waals surface area (Å²) in [5.41, 5.74) is 0. The summed E-state index contributed by atoms with van der Waals surface area (Å²) in [6.45, 7) is 3.64. The van der Waals surface area contributed by atoms with Gasteiger partial charge in [0.05, 0.1) is 25.4 Å². The lowest BCUT2D eigenvalue weighted by Gasteiger charge is -2.40. The van der Waals surface area contributed by atoms with Crippen LogP contribution in [0.3, 0.4) is 0 Å². The average molecular weight is 714 g/mol. The number of nitrogens with one attached hydrogen (secondary N) is 1. The zero-order valence-corrected chi connectivity index (χ0v) is 32.2. The molecule has 1 heterocycles. The number of carbonyl (C=O) groups excluding carboxylic acids is 1. The highest BCUT2D eigenvalue weighted by atomic mass is 16.7. The molecule has 1 amide bonds. The van der Waals surface area contributed by atoms with Crippen LogP contribution in [0.1, 0.15) is 187 Å². The zero-order valence-electron chi connectivity index (χ0n) is 32.2. The van der Waals surface area contributed by atoms with Crippen molar-refractivity contribution in [3.05, 3.63) is 12.2 Å². The summed E-state index contributed by atoms with van der Waals surface area (Å²) in [4.78, 5) is 12.6. The van der Waals surface area contributed by atoms with E-state index in [1.807, 2.05) is 6.08 Å². The Morgan fingerprint density at radius 3 is 1.56 bits per heavy atom. The molecule has 6 N–H and O–H groups in total. The Balaban J connectivity index is 2.19. The summed E-state index contributed by atoms with van der Waals surface area (Å²) in [5.74, 6) is -0.194. The first-order valence-corrected chi connectivity index (χ1v) is 20.9. The molecule has 9 heteroatoms. The topological polar surface area (TPSA) is 149 Å². The van der Waals surface area contributed by atoms with Crippen LogP contribution in [0.4, 0.5) is 0 Å². The molecule has 1 rings (SSSR count). The number of aliphatic hydroxyl groups excluding tert-OH is 5. The van der Waals surface area contributed by atoms with Crippen LogP contribution in [0.5, 0.6) is 0 Å². The molecular formula is C41H79NO8. The quantitative estimate of drug-likeness (QED) is 0.0293. The highest BCUT2D eigenvalue weighted by Gasteiger charge is 2.44. The molecule has 0 aromatic heterocycles. The van der Waals surface area contributed by atoms with Crippen LogP contribution in [-0.4, -0.2) is 87.5 Å². The van der Waals surface area contributed by atoms with Gasteiger partial charge in [-0.05, 0) is 19.3 Å². The monoisotopic (exact) mass is 714 g/mol. The molecule has 0 spiro atoms. The van der Waals surface area contributed by atoms with Crippen LogP contribution in [0, 0.1) is 0 Å². The standard InChI is InChI=1S/C41H79NO8/c1-3-5-7-9-10-11-12-13-14-15-16-17-18-19-20-21-22-23-24-25-26-27-28-30-35(44)34(42-37(45)31-29-8-6-4-2)33-49-41-40(48)39(47)38(46)36(32-43)50-41/h28,30,34-36,38-41,43-44,46-48H,3-27,29,31-33H2,1-2H3,(H,42,45)/b30-28+. The fourth-order valence-electron chi connectivity index (χ4n) is 6.68. The van der Waals surface area contributed by atoms with Crippen LogP contribution >= 0.6 is 0 Å². The molecule has 7 unspecified atom stereocenters. The third-order valence-corrected chi connectivity index (χ3v) is 10.1. The maximum Gasteiger partial charge on any atom is 0.220 e. The van der Waals surface area contributed by atoms with Crippen molar-refractivity contribution in [2.24, 2.45) is 0 Å². The van der Waals surface area contributed by atoms with Gasteiger partial charge in [-0.15, -0.1) is 0 Å². The number of rotatable bonds is 34. The van der Waals surface area contributed by atoms with Gasteiger partial charge in [-0.25, -0.2) is 0 Å². The molecule has 0 radical (unpaired) electrons. The van der Waals surface area contributed by atoms with E-state index >= 15 is 0 Å². The minimum Gasteiger partial charge on any atom is -0.394 e. The summed E-state index contributed by atoms with van der Waals surface area (Å²) >= 11 is 0. The zero-order chi connectivity index (χ0) is 36.7. The highest BCUT2D eigenvalue weighted by molar-refractivity contribution is 5.76. The van der Waals surface area contributed by atoms with Crippen molar-refractivity contribution >= 4 is 5.91 Å². The molecule has 0 saturated carbocycles. The van der Waals surface area contributed by atoms with Crippen molar-refractivity contribution < 1.29 is 39.8 Å². The molecule has 50 heavy (non-hydrogen) atoms. The Bertz CT molecular complexity index is 797. The molecule has 0 bridgehead atoms. The first kappa shape index (κ1) is 47.0. The van der Waals surface area contributed by atoms with E-state index in [1.165, 1.54) is 122 Å². The summed E-state index contributed by atoms with van der Waals surface area (Å²) in [5, 5.41) is 53.6. The molecule has 0 aromatic rings. The molecule has 1 saturated heterocycles. The molecule has 1 aliphatic rings. The predicted molar refractivity (Wildman–Crippen MR) is 203 cm³/mol. The van der Waals surface area contributed by atoms with E-state index in [2.05, 4.69) is 19.2 Å². The minimum absolute atomic E-state index is 0.186. The SMILES string of the molecule is CCCCCCCCCCCCCCCCCCCCCCC/C=C/C(O)C(COC1OC(CO)C(O)C(O)C1O)NC(=O)CCCCCC. The second kappa shape index (κ2) is 32.6. The Morgan fingerprint density at radius 1 is 0.660 bits per heavy atom. The van der Waals surface area contributed by atoms with E-state index < -0.39 is 49.5 Å². The fourth-order valence-corrected chi connectivity index (χ4v) is 6.68. The Hall–Kier alpha value is -1.07. The van der Waals surface area contributed by atoms with Crippen molar-refractivity contribution in [3.63, 3.8) is 0 Å². The lowest BCUT2D eigenvalue weighted by Crippen LogP contribution is -2.60. The van der Waals surface area contributed by atoms with Gasteiger partial charge >= 0.3 is 0 Å². The van der Waals surface area contributed by atoms with Gasteiger partial charge in [-0.3, -0.25) is 4.79 Å². The number of carbonyl (C=O) groups is 1. The van der Waals surface area contributed by atoms with Gasteiger partial charge in [0.25, 0.3) is 0 Å². The van der Waals surface area contributed by atoms with Crippen LogP contribution in [0.25, 0.3) is 0 Å². The average Bonchev–Trinajstić information content (AvgIpc) is 3.11. The van der Waals surface area contributed by atoms with Crippen LogP contribution < -0.4 is 5.32 Å². The maximum absolute atomic E-state index is 12.6. The van der Waals surface area contributed by atoms with Crippen molar-refractivity contribution in [3.8, 4) is 0 Å². The minimum atomic E-state index is -1.56. The Kier molecular flexibility index (Phi) is 30.6. The molecule has 0 aliphatic carbocycles. The van der Waals surface area contributed by atoms with Gasteiger partial charge in [0.1, 0.15) is 24.4 Å². The molecular weight excluding hydrogens is 634 g/mol. The van der Waals surface area contributed by atoms with Crippen molar-refractivity contribution in [2.45, 2.75) is 230 Å². The van der Waals surface area contributed by atoms with Crippen molar-refractivity contribution in [1.82, 2.24) is 5.32 Å². The first-order valence-electron chi connectivity index (χ1n) is 20.9. The number of unbranched alkanes of at least 4 members (excludes halogenated alkanes) is 24. The predicted octanol–water partition coefficient (Wildman–Crippen LogP) is 7.78. The van der Waals surface area contributed by atoms with Gasteiger partial charge in [0, 0.05) is 6.42 Å². The second-order valence-corrected chi connectivity index (χ2v) is 14.8. The van der Waals surface area contributed by atoms with E-state index in [9.17, 15) is 30.3 Å². The van der Waals surface area contributed by atoms with E-state index in [0.717, 1.165) is 44.9 Å². The van der Waals surface area contributed by atoms with E-state index in [1.54, 1.807) is 6.08 Å². The largest absolute Gasteiger partial charge is 0.394 e.